The number of piperidine rings is 1. The molecule has 23 heavy (non-hydrogen) atoms. The first-order valence-corrected chi connectivity index (χ1v) is 8.60. The van der Waals surface area contributed by atoms with Crippen LogP contribution in [-0.2, 0) is 9.59 Å². The first-order chi connectivity index (χ1) is 11.1. The van der Waals surface area contributed by atoms with Crippen molar-refractivity contribution in [1.29, 1.82) is 0 Å². The molecule has 1 saturated heterocycles. The van der Waals surface area contributed by atoms with E-state index >= 15 is 0 Å². The Morgan fingerprint density at radius 1 is 1.30 bits per heavy atom. The van der Waals surface area contributed by atoms with Crippen LogP contribution in [0.1, 0.15) is 24.8 Å². The number of nitrogens with zero attached hydrogens (tertiary/aromatic N) is 2. The van der Waals surface area contributed by atoms with Gasteiger partial charge >= 0.3 is 0 Å². The number of aryl methyl sites for hydroxylation is 1. The smallest absolute Gasteiger partial charge is 0.245 e. The van der Waals surface area contributed by atoms with Gasteiger partial charge in [-0.2, -0.15) is 0 Å². The Kier molecular flexibility index (Phi) is 4.71. The van der Waals surface area contributed by atoms with Gasteiger partial charge < -0.3 is 10.2 Å². The highest BCUT2D eigenvalue weighted by molar-refractivity contribution is 7.14. The summed E-state index contributed by atoms with van der Waals surface area (Å²) in [4.78, 5) is 29.9. The highest BCUT2D eigenvalue weighted by Crippen LogP contribution is 2.25. The number of thiazole rings is 1. The van der Waals surface area contributed by atoms with Crippen LogP contribution in [0.5, 0.6) is 0 Å². The average molecular weight is 329 g/mol. The van der Waals surface area contributed by atoms with E-state index in [1.165, 1.54) is 16.9 Å². The number of benzene rings is 1. The van der Waals surface area contributed by atoms with Gasteiger partial charge in [0.15, 0.2) is 5.13 Å². The van der Waals surface area contributed by atoms with Crippen molar-refractivity contribution < 1.29 is 9.59 Å². The highest BCUT2D eigenvalue weighted by Gasteiger charge is 2.20. The van der Waals surface area contributed by atoms with Crippen molar-refractivity contribution in [2.24, 2.45) is 0 Å². The van der Waals surface area contributed by atoms with Crippen LogP contribution in [0.25, 0.3) is 11.3 Å². The van der Waals surface area contributed by atoms with Crippen LogP contribution in [0.15, 0.2) is 29.6 Å². The molecule has 1 fully saturated rings. The van der Waals surface area contributed by atoms with Crippen molar-refractivity contribution in [3.8, 4) is 11.3 Å². The number of hydrogen-bond donors (Lipinski definition) is 1. The zero-order valence-electron chi connectivity index (χ0n) is 13.0. The van der Waals surface area contributed by atoms with Crippen molar-refractivity contribution in [2.75, 3.05) is 18.4 Å². The van der Waals surface area contributed by atoms with Gasteiger partial charge in [0, 0.05) is 23.9 Å². The normalized spacial score (nSPS) is 14.8. The molecule has 0 spiro atoms. The Morgan fingerprint density at radius 3 is 2.83 bits per heavy atom. The van der Waals surface area contributed by atoms with Gasteiger partial charge in [0.2, 0.25) is 11.8 Å². The van der Waals surface area contributed by atoms with E-state index in [0.717, 1.165) is 24.1 Å². The van der Waals surface area contributed by atoms with Crippen LogP contribution in [0.2, 0.25) is 0 Å². The molecule has 1 N–H and O–H groups in total. The molecule has 0 radical (unpaired) electrons. The number of likely N-dealkylation sites (tertiary alicyclic amines) is 1. The number of carbonyl (C=O) groups is 2. The largest absolute Gasteiger partial charge is 0.333 e. The van der Waals surface area contributed by atoms with Gasteiger partial charge in [-0.05, 0) is 19.8 Å². The predicted molar refractivity (Wildman–Crippen MR) is 91.3 cm³/mol. The third-order valence-electron chi connectivity index (χ3n) is 3.85. The molecule has 0 atom stereocenters. The molecule has 0 bridgehead atoms. The Morgan fingerprint density at radius 2 is 2.09 bits per heavy atom. The molecular weight excluding hydrogens is 310 g/mol. The SMILES string of the molecule is Cc1ccc(-c2csc(NC(=O)CN3CCCCC3=O)n2)cc1. The zero-order chi connectivity index (χ0) is 16.2. The van der Waals surface area contributed by atoms with Gasteiger partial charge in [0.1, 0.15) is 0 Å². The molecular formula is C17H19N3O2S. The number of amides is 2. The van der Waals surface area contributed by atoms with Gasteiger partial charge in [-0.1, -0.05) is 29.8 Å². The maximum atomic E-state index is 12.1. The van der Waals surface area contributed by atoms with Crippen LogP contribution in [0, 0.1) is 6.92 Å². The van der Waals surface area contributed by atoms with E-state index < -0.39 is 0 Å². The molecule has 2 heterocycles. The average Bonchev–Trinajstić information content (AvgIpc) is 2.98. The maximum absolute atomic E-state index is 12.1. The Hall–Kier alpha value is -2.21. The van der Waals surface area contributed by atoms with E-state index in [2.05, 4.69) is 10.3 Å². The molecule has 2 amide bonds. The minimum atomic E-state index is -0.190. The van der Waals surface area contributed by atoms with Gasteiger partial charge in [-0.3, -0.25) is 9.59 Å². The molecule has 1 aromatic heterocycles. The fraction of sp³-hybridized carbons (Fsp3) is 0.353. The van der Waals surface area contributed by atoms with Crippen LogP contribution in [0.4, 0.5) is 5.13 Å². The number of aromatic nitrogens is 1. The summed E-state index contributed by atoms with van der Waals surface area (Å²) in [6.07, 6.45) is 2.43. The number of carbonyl (C=O) groups excluding carboxylic acids is 2. The first-order valence-electron chi connectivity index (χ1n) is 7.72. The second-order valence-electron chi connectivity index (χ2n) is 5.72. The zero-order valence-corrected chi connectivity index (χ0v) is 13.9. The summed E-state index contributed by atoms with van der Waals surface area (Å²) < 4.78 is 0. The molecule has 3 rings (SSSR count). The Balaban J connectivity index is 1.61. The predicted octanol–water partition coefficient (Wildman–Crippen LogP) is 3.07. The Labute approximate surface area is 139 Å². The van der Waals surface area contributed by atoms with Gasteiger partial charge in [0.25, 0.3) is 0 Å². The molecule has 0 aliphatic carbocycles. The summed E-state index contributed by atoms with van der Waals surface area (Å²) >= 11 is 1.39. The van der Waals surface area contributed by atoms with E-state index in [9.17, 15) is 9.59 Å². The molecule has 0 saturated carbocycles. The van der Waals surface area contributed by atoms with Gasteiger partial charge in [0.05, 0.1) is 12.2 Å². The van der Waals surface area contributed by atoms with Crippen LogP contribution in [-0.4, -0.2) is 34.8 Å². The topological polar surface area (TPSA) is 62.3 Å². The fourth-order valence-corrected chi connectivity index (χ4v) is 3.29. The van der Waals surface area contributed by atoms with Crippen molar-refractivity contribution in [2.45, 2.75) is 26.2 Å². The fourth-order valence-electron chi connectivity index (χ4n) is 2.55. The molecule has 1 aromatic carbocycles. The van der Waals surface area contributed by atoms with Crippen molar-refractivity contribution in [1.82, 2.24) is 9.88 Å². The molecule has 1 aliphatic rings. The third kappa shape index (κ3) is 3.96. The lowest BCUT2D eigenvalue weighted by atomic mass is 10.1. The Bertz CT molecular complexity index is 709. The van der Waals surface area contributed by atoms with Gasteiger partial charge in [-0.25, -0.2) is 4.98 Å². The molecule has 6 heteroatoms. The van der Waals surface area contributed by atoms with E-state index in [4.69, 9.17) is 0 Å². The molecule has 1 aliphatic heterocycles. The minimum absolute atomic E-state index is 0.0610. The van der Waals surface area contributed by atoms with E-state index in [0.29, 0.717) is 18.1 Å². The summed E-state index contributed by atoms with van der Waals surface area (Å²) in [7, 11) is 0. The summed E-state index contributed by atoms with van der Waals surface area (Å²) in [5, 5.41) is 5.27. The van der Waals surface area contributed by atoms with Crippen molar-refractivity contribution in [3.05, 3.63) is 35.2 Å². The molecule has 0 unspecified atom stereocenters. The summed E-state index contributed by atoms with van der Waals surface area (Å²) in [6, 6.07) is 8.11. The number of nitrogens with one attached hydrogen (secondary N) is 1. The van der Waals surface area contributed by atoms with Crippen molar-refractivity contribution in [3.63, 3.8) is 0 Å². The maximum Gasteiger partial charge on any atom is 0.245 e. The first kappa shape index (κ1) is 15.7. The highest BCUT2D eigenvalue weighted by atomic mass is 32.1. The lowest BCUT2D eigenvalue weighted by Gasteiger charge is -2.25. The standard InChI is InChI=1S/C17H19N3O2S/c1-12-5-7-13(8-6-12)14-11-23-17(18-14)19-15(21)10-20-9-3-2-4-16(20)22/h5-8,11H,2-4,9-10H2,1H3,(H,18,19,21). The number of hydrogen-bond acceptors (Lipinski definition) is 4. The minimum Gasteiger partial charge on any atom is -0.333 e. The van der Waals surface area contributed by atoms with E-state index in [-0.39, 0.29) is 18.4 Å². The van der Waals surface area contributed by atoms with Crippen LogP contribution in [0.3, 0.4) is 0 Å². The van der Waals surface area contributed by atoms with Crippen LogP contribution < -0.4 is 5.32 Å². The summed E-state index contributed by atoms with van der Waals surface area (Å²) in [5.41, 5.74) is 3.07. The molecule has 120 valence electrons. The number of rotatable bonds is 4. The second kappa shape index (κ2) is 6.91. The van der Waals surface area contributed by atoms with Crippen LogP contribution >= 0.6 is 11.3 Å². The van der Waals surface area contributed by atoms with Gasteiger partial charge in [-0.15, -0.1) is 11.3 Å². The third-order valence-corrected chi connectivity index (χ3v) is 4.61. The quantitative estimate of drug-likeness (QED) is 0.937. The molecule has 2 aromatic rings. The van der Waals surface area contributed by atoms with E-state index in [1.807, 2.05) is 36.6 Å². The second-order valence-corrected chi connectivity index (χ2v) is 6.58. The lowest BCUT2D eigenvalue weighted by Crippen LogP contribution is -2.40. The van der Waals surface area contributed by atoms with Crippen molar-refractivity contribution >= 4 is 28.3 Å². The lowest BCUT2D eigenvalue weighted by molar-refractivity contribution is -0.136. The summed E-state index contributed by atoms with van der Waals surface area (Å²) in [5.74, 6) is -0.129. The monoisotopic (exact) mass is 329 g/mol. The van der Waals surface area contributed by atoms with E-state index in [1.54, 1.807) is 4.90 Å². The molecule has 5 nitrogen and oxygen atoms in total. The summed E-state index contributed by atoms with van der Waals surface area (Å²) in [6.45, 7) is 2.81. The number of anilines is 1.